The summed E-state index contributed by atoms with van der Waals surface area (Å²) in [7, 11) is -3.48. The van der Waals surface area contributed by atoms with Gasteiger partial charge in [-0.2, -0.15) is 4.31 Å². The van der Waals surface area contributed by atoms with Gasteiger partial charge in [-0.3, -0.25) is 4.79 Å². The van der Waals surface area contributed by atoms with E-state index in [1.165, 1.54) is 9.71 Å². The Morgan fingerprint density at radius 1 is 0.875 bits per heavy atom. The number of piperidine rings is 1. The number of rotatable bonds is 5. The van der Waals surface area contributed by atoms with Crippen molar-refractivity contribution in [2.75, 3.05) is 44.2 Å². The first kappa shape index (κ1) is 22.8. The topological polar surface area (TPSA) is 60.9 Å². The number of sulfonamides is 1. The number of hydrogen-bond acceptors (Lipinski definition) is 4. The van der Waals surface area contributed by atoms with E-state index in [1.54, 1.807) is 6.08 Å². The molecule has 0 spiro atoms. The summed E-state index contributed by atoms with van der Waals surface area (Å²) in [6, 6.07) is 17.1. The van der Waals surface area contributed by atoms with Crippen LogP contribution in [0.1, 0.15) is 18.4 Å². The Labute approximate surface area is 195 Å². The van der Waals surface area contributed by atoms with Crippen molar-refractivity contribution in [1.82, 2.24) is 9.21 Å². The van der Waals surface area contributed by atoms with Crippen molar-refractivity contribution in [3.8, 4) is 0 Å². The number of hydrogen-bond donors (Lipinski definition) is 0. The molecule has 2 aliphatic rings. The number of benzene rings is 2. The van der Waals surface area contributed by atoms with E-state index in [0.717, 1.165) is 24.3 Å². The predicted molar refractivity (Wildman–Crippen MR) is 129 cm³/mol. The van der Waals surface area contributed by atoms with E-state index in [2.05, 4.69) is 4.90 Å². The van der Waals surface area contributed by atoms with Gasteiger partial charge in [0.15, 0.2) is 0 Å². The summed E-state index contributed by atoms with van der Waals surface area (Å²) >= 11 is 5.97. The van der Waals surface area contributed by atoms with E-state index in [-0.39, 0.29) is 11.8 Å². The Hall–Kier alpha value is -2.35. The minimum Gasteiger partial charge on any atom is -0.368 e. The van der Waals surface area contributed by atoms with Crippen LogP contribution in [0.3, 0.4) is 0 Å². The third-order valence-electron chi connectivity index (χ3n) is 6.18. The molecule has 2 aliphatic heterocycles. The van der Waals surface area contributed by atoms with Crippen LogP contribution in [0.4, 0.5) is 5.69 Å². The van der Waals surface area contributed by atoms with Crippen LogP contribution in [0.5, 0.6) is 0 Å². The number of piperazine rings is 1. The van der Waals surface area contributed by atoms with Gasteiger partial charge >= 0.3 is 0 Å². The number of amides is 1. The number of anilines is 1. The zero-order valence-corrected chi connectivity index (χ0v) is 19.5. The molecule has 0 N–H and O–H groups in total. The third-order valence-corrected chi connectivity index (χ3v) is 8.00. The molecule has 2 aromatic rings. The second-order valence-corrected chi connectivity index (χ2v) is 10.5. The maximum Gasteiger partial charge on any atom is 0.236 e. The lowest BCUT2D eigenvalue weighted by Crippen LogP contribution is -2.52. The van der Waals surface area contributed by atoms with Crippen molar-refractivity contribution in [1.29, 1.82) is 0 Å². The summed E-state index contributed by atoms with van der Waals surface area (Å²) in [6.45, 7) is 3.68. The summed E-state index contributed by atoms with van der Waals surface area (Å²) in [5, 5.41) is 1.98. The molecule has 170 valence electrons. The van der Waals surface area contributed by atoms with Crippen LogP contribution < -0.4 is 4.90 Å². The number of carbonyl (C=O) groups excluding carboxylic acids is 1. The molecule has 32 heavy (non-hydrogen) atoms. The van der Waals surface area contributed by atoms with E-state index in [4.69, 9.17) is 11.6 Å². The zero-order chi connectivity index (χ0) is 22.6. The Morgan fingerprint density at radius 2 is 1.50 bits per heavy atom. The molecule has 4 rings (SSSR count). The lowest BCUT2D eigenvalue weighted by Gasteiger charge is -2.39. The molecule has 6 nitrogen and oxygen atoms in total. The van der Waals surface area contributed by atoms with Crippen molar-refractivity contribution >= 4 is 39.3 Å². The highest BCUT2D eigenvalue weighted by atomic mass is 35.5. The van der Waals surface area contributed by atoms with Gasteiger partial charge in [-0.15, -0.1) is 0 Å². The monoisotopic (exact) mass is 473 g/mol. The standard InChI is InChI=1S/C24H28ClN3O3S/c25-22-6-8-23(9-7-22)26-15-17-27(18-16-26)24(29)21-10-13-28(14-11-21)32(30,31)19-12-20-4-2-1-3-5-20/h1-9,12,19,21H,10-11,13-18H2/b19-12+. The molecular weight excluding hydrogens is 446 g/mol. The minimum atomic E-state index is -3.48. The van der Waals surface area contributed by atoms with Crippen LogP contribution in [0.25, 0.3) is 6.08 Å². The SMILES string of the molecule is O=C(C1CCN(S(=O)(=O)/C=C/c2ccccc2)CC1)N1CCN(c2ccc(Cl)cc2)CC1. The molecule has 2 aromatic carbocycles. The zero-order valence-electron chi connectivity index (χ0n) is 17.9. The molecule has 0 saturated carbocycles. The molecule has 0 atom stereocenters. The van der Waals surface area contributed by atoms with Crippen LogP contribution in [0, 0.1) is 5.92 Å². The Kier molecular flexibility index (Phi) is 7.18. The molecule has 0 bridgehead atoms. The van der Waals surface area contributed by atoms with Crippen molar-refractivity contribution in [2.24, 2.45) is 5.92 Å². The van der Waals surface area contributed by atoms with Gasteiger partial charge in [-0.05, 0) is 48.7 Å². The normalized spacial score (nSPS) is 18.9. The molecule has 8 heteroatoms. The minimum absolute atomic E-state index is 0.110. The number of carbonyl (C=O) groups is 1. The molecular formula is C24H28ClN3O3S. The maximum atomic E-state index is 13.0. The summed E-state index contributed by atoms with van der Waals surface area (Å²) in [5.74, 6) is 0.0410. The van der Waals surface area contributed by atoms with Gasteiger partial charge in [0.2, 0.25) is 15.9 Å². The van der Waals surface area contributed by atoms with E-state index >= 15 is 0 Å². The third kappa shape index (κ3) is 5.52. The average Bonchev–Trinajstić information content (AvgIpc) is 2.84. The lowest BCUT2D eigenvalue weighted by atomic mass is 9.96. The first-order chi connectivity index (χ1) is 15.4. The van der Waals surface area contributed by atoms with Crippen molar-refractivity contribution in [3.63, 3.8) is 0 Å². The second-order valence-electron chi connectivity index (χ2n) is 8.22. The molecule has 2 saturated heterocycles. The largest absolute Gasteiger partial charge is 0.368 e. The van der Waals surface area contributed by atoms with Crippen molar-refractivity contribution in [3.05, 3.63) is 70.6 Å². The molecule has 0 radical (unpaired) electrons. The number of nitrogens with zero attached hydrogens (tertiary/aromatic N) is 3. The average molecular weight is 474 g/mol. The van der Waals surface area contributed by atoms with E-state index in [0.29, 0.717) is 44.0 Å². The molecule has 1 amide bonds. The van der Waals surface area contributed by atoms with Gasteiger partial charge in [-0.1, -0.05) is 41.9 Å². The summed E-state index contributed by atoms with van der Waals surface area (Å²) in [5.41, 5.74) is 1.96. The number of halogens is 1. The first-order valence-electron chi connectivity index (χ1n) is 10.9. The van der Waals surface area contributed by atoms with Crippen LogP contribution in [-0.2, 0) is 14.8 Å². The Balaban J connectivity index is 1.27. The molecule has 0 aromatic heterocycles. The van der Waals surface area contributed by atoms with Gasteiger partial charge < -0.3 is 9.80 Å². The Bertz CT molecular complexity index is 1040. The predicted octanol–water partition coefficient (Wildman–Crippen LogP) is 3.70. The highest BCUT2D eigenvalue weighted by molar-refractivity contribution is 7.92. The fourth-order valence-electron chi connectivity index (χ4n) is 4.27. The summed E-state index contributed by atoms with van der Waals surface area (Å²) in [4.78, 5) is 17.2. The molecule has 0 unspecified atom stereocenters. The maximum absolute atomic E-state index is 13.0. The second kappa shape index (κ2) is 10.1. The van der Waals surface area contributed by atoms with Crippen LogP contribution in [0.2, 0.25) is 5.02 Å². The fraction of sp³-hybridized carbons (Fsp3) is 0.375. The van der Waals surface area contributed by atoms with Crippen molar-refractivity contribution < 1.29 is 13.2 Å². The highest BCUT2D eigenvalue weighted by Gasteiger charge is 2.33. The summed E-state index contributed by atoms with van der Waals surface area (Å²) < 4.78 is 26.8. The van der Waals surface area contributed by atoms with E-state index in [9.17, 15) is 13.2 Å². The van der Waals surface area contributed by atoms with Gasteiger partial charge in [0.1, 0.15) is 0 Å². The molecule has 2 fully saturated rings. The summed E-state index contributed by atoms with van der Waals surface area (Å²) in [6.07, 6.45) is 2.75. The quantitative estimate of drug-likeness (QED) is 0.664. The van der Waals surface area contributed by atoms with Gasteiger partial charge in [0.05, 0.1) is 0 Å². The van der Waals surface area contributed by atoms with Gasteiger partial charge in [0, 0.05) is 61.3 Å². The highest BCUT2D eigenvalue weighted by Crippen LogP contribution is 2.25. The van der Waals surface area contributed by atoms with Crippen LogP contribution in [0.15, 0.2) is 60.0 Å². The fourth-order valence-corrected chi connectivity index (χ4v) is 5.61. The van der Waals surface area contributed by atoms with Gasteiger partial charge in [-0.25, -0.2) is 8.42 Å². The first-order valence-corrected chi connectivity index (χ1v) is 12.8. The van der Waals surface area contributed by atoms with E-state index < -0.39 is 10.0 Å². The molecule has 2 heterocycles. The van der Waals surface area contributed by atoms with Crippen LogP contribution >= 0.6 is 11.6 Å². The molecule has 0 aliphatic carbocycles. The Morgan fingerprint density at radius 3 is 2.12 bits per heavy atom. The lowest BCUT2D eigenvalue weighted by molar-refractivity contribution is -0.137. The van der Waals surface area contributed by atoms with E-state index in [1.807, 2.05) is 59.5 Å². The smallest absolute Gasteiger partial charge is 0.236 e. The van der Waals surface area contributed by atoms with Gasteiger partial charge in [0.25, 0.3) is 0 Å². The van der Waals surface area contributed by atoms with Crippen molar-refractivity contribution in [2.45, 2.75) is 12.8 Å². The van der Waals surface area contributed by atoms with Crippen LogP contribution in [-0.4, -0.2) is 62.8 Å².